The van der Waals surface area contributed by atoms with Crippen LogP contribution in [0.2, 0.25) is 0 Å². The zero-order valence-electron chi connectivity index (χ0n) is 15.2. The molecule has 0 atom stereocenters. The second-order valence-electron chi connectivity index (χ2n) is 6.52. The number of rotatable bonds is 3. The first-order valence-electron chi connectivity index (χ1n) is 8.54. The number of hydrogen-bond acceptors (Lipinski definition) is 4. The average Bonchev–Trinajstić information content (AvgIpc) is 3.29. The molecule has 1 aliphatic rings. The van der Waals surface area contributed by atoms with Crippen LogP contribution in [0.4, 0.5) is 8.78 Å². The fraction of sp³-hybridized carbons (Fsp3) is 0.278. The molecular weight excluding hydrogens is 372 g/mol. The van der Waals surface area contributed by atoms with Crippen molar-refractivity contribution in [3.05, 3.63) is 52.5 Å². The van der Waals surface area contributed by atoms with E-state index in [0.29, 0.717) is 18.5 Å². The first-order valence-corrected chi connectivity index (χ1v) is 8.54. The molecule has 0 fully saturated rings. The maximum atomic E-state index is 13.9. The lowest BCUT2D eigenvalue weighted by Crippen LogP contribution is -2.37. The Morgan fingerprint density at radius 1 is 1.29 bits per heavy atom. The number of nitrogens with zero attached hydrogens (tertiary/aromatic N) is 3. The summed E-state index contributed by atoms with van der Waals surface area (Å²) in [5, 5.41) is 8.08. The second kappa shape index (κ2) is 6.71. The van der Waals surface area contributed by atoms with Crippen LogP contribution in [0.25, 0.3) is 10.9 Å². The molecule has 0 saturated heterocycles. The first kappa shape index (κ1) is 18.1. The van der Waals surface area contributed by atoms with Gasteiger partial charge in [0.05, 0.1) is 19.2 Å². The molecule has 10 heteroatoms. The zero-order chi connectivity index (χ0) is 20.0. The van der Waals surface area contributed by atoms with Gasteiger partial charge >= 0.3 is 0 Å². The quantitative estimate of drug-likeness (QED) is 0.670. The van der Waals surface area contributed by atoms with Crippen LogP contribution in [-0.4, -0.2) is 57.7 Å². The number of hydrogen-bond donors (Lipinski definition) is 2. The molecule has 3 heterocycles. The van der Waals surface area contributed by atoms with Gasteiger partial charge in [0.25, 0.3) is 11.8 Å². The fourth-order valence-corrected chi connectivity index (χ4v) is 3.32. The minimum atomic E-state index is -0.739. The smallest absolute Gasteiger partial charge is 0.297 e. The number of carbonyl (C=O) groups excluding carboxylic acids is 2. The molecular formula is C18H17F2N5O3. The van der Waals surface area contributed by atoms with Gasteiger partial charge in [-0.1, -0.05) is 0 Å². The van der Waals surface area contributed by atoms with E-state index in [2.05, 4.69) is 15.2 Å². The first-order chi connectivity index (χ1) is 13.4. The van der Waals surface area contributed by atoms with Gasteiger partial charge in [-0.2, -0.15) is 5.10 Å². The number of halogens is 2. The molecule has 0 bridgehead atoms. The van der Waals surface area contributed by atoms with Gasteiger partial charge in [0.15, 0.2) is 5.69 Å². The van der Waals surface area contributed by atoms with Crippen LogP contribution in [0.1, 0.15) is 32.2 Å². The summed E-state index contributed by atoms with van der Waals surface area (Å²) in [5.41, 5.74) is 1.93. The number of aromatic nitrogens is 3. The summed E-state index contributed by atoms with van der Waals surface area (Å²) < 4.78 is 27.3. The van der Waals surface area contributed by atoms with Crippen molar-refractivity contribution in [2.45, 2.75) is 13.0 Å². The molecule has 2 amide bonds. The number of nitrogens with one attached hydrogen (secondary N) is 2. The summed E-state index contributed by atoms with van der Waals surface area (Å²) in [6.45, 7) is 0.559. The maximum Gasteiger partial charge on any atom is 0.297 e. The van der Waals surface area contributed by atoms with Crippen molar-refractivity contribution in [2.24, 2.45) is 0 Å². The topological polar surface area (TPSA) is 94.3 Å². The van der Waals surface area contributed by atoms with E-state index >= 15 is 0 Å². The molecule has 2 aromatic heterocycles. The van der Waals surface area contributed by atoms with Gasteiger partial charge in [-0.25, -0.2) is 13.8 Å². The third kappa shape index (κ3) is 2.91. The van der Waals surface area contributed by atoms with Gasteiger partial charge in [0, 0.05) is 42.7 Å². The van der Waals surface area contributed by atoms with Crippen LogP contribution in [-0.2, 0) is 17.8 Å². The molecule has 2 N–H and O–H groups in total. The van der Waals surface area contributed by atoms with Crippen molar-refractivity contribution >= 4 is 22.7 Å². The van der Waals surface area contributed by atoms with Crippen LogP contribution in [0.3, 0.4) is 0 Å². The van der Waals surface area contributed by atoms with E-state index in [1.165, 1.54) is 25.1 Å². The molecule has 28 heavy (non-hydrogen) atoms. The van der Waals surface area contributed by atoms with E-state index in [4.69, 9.17) is 4.84 Å². The Balaban J connectivity index is 1.62. The summed E-state index contributed by atoms with van der Waals surface area (Å²) in [5.74, 6) is -2.27. The molecule has 0 saturated carbocycles. The largest absolute Gasteiger partial charge is 0.350 e. The molecule has 0 aliphatic carbocycles. The van der Waals surface area contributed by atoms with E-state index in [1.807, 2.05) is 0 Å². The number of benzene rings is 1. The monoisotopic (exact) mass is 389 g/mol. The Hall–Kier alpha value is -3.27. The summed E-state index contributed by atoms with van der Waals surface area (Å²) >= 11 is 0. The highest BCUT2D eigenvalue weighted by Crippen LogP contribution is 2.25. The molecule has 1 aromatic carbocycles. The predicted octanol–water partition coefficient (Wildman–Crippen LogP) is 2.00. The fourth-order valence-electron chi connectivity index (χ4n) is 3.32. The minimum Gasteiger partial charge on any atom is -0.350 e. The van der Waals surface area contributed by atoms with Gasteiger partial charge in [-0.3, -0.25) is 19.5 Å². The number of amides is 2. The second-order valence-corrected chi connectivity index (χ2v) is 6.52. The molecule has 1 aliphatic heterocycles. The highest BCUT2D eigenvalue weighted by molar-refractivity contribution is 5.98. The molecule has 146 valence electrons. The SMILES string of the molecule is CON(C)C(=O)c1n[nH]c2c1CN(C(=O)c1cc3c(F)cc(F)cc3[nH]1)CC2. The summed E-state index contributed by atoms with van der Waals surface area (Å²) in [6.07, 6.45) is 0.487. The third-order valence-corrected chi connectivity index (χ3v) is 4.87. The van der Waals surface area contributed by atoms with Crippen molar-refractivity contribution in [3.63, 3.8) is 0 Å². The molecule has 8 nitrogen and oxygen atoms in total. The average molecular weight is 389 g/mol. The lowest BCUT2D eigenvalue weighted by molar-refractivity contribution is -0.0761. The Bertz CT molecular complexity index is 1090. The van der Waals surface area contributed by atoms with Crippen molar-refractivity contribution in [3.8, 4) is 0 Å². The van der Waals surface area contributed by atoms with Crippen LogP contribution in [0, 0.1) is 11.6 Å². The number of H-pyrrole nitrogens is 2. The third-order valence-electron chi connectivity index (χ3n) is 4.87. The summed E-state index contributed by atoms with van der Waals surface area (Å²) in [7, 11) is 2.83. The van der Waals surface area contributed by atoms with Crippen molar-refractivity contribution in [1.82, 2.24) is 25.1 Å². The van der Waals surface area contributed by atoms with Gasteiger partial charge in [-0.05, 0) is 12.1 Å². The van der Waals surface area contributed by atoms with E-state index in [0.717, 1.165) is 22.9 Å². The summed E-state index contributed by atoms with van der Waals surface area (Å²) in [4.78, 5) is 34.5. The number of hydroxylamine groups is 2. The minimum absolute atomic E-state index is 0.142. The number of aromatic amines is 2. The highest BCUT2D eigenvalue weighted by Gasteiger charge is 2.30. The van der Waals surface area contributed by atoms with Crippen LogP contribution < -0.4 is 0 Å². The number of fused-ring (bicyclic) bond motifs is 2. The Labute approximate surface area is 158 Å². The summed E-state index contributed by atoms with van der Waals surface area (Å²) in [6, 6.07) is 3.27. The van der Waals surface area contributed by atoms with Gasteiger partial charge in [0.1, 0.15) is 17.3 Å². The molecule has 3 aromatic rings. The van der Waals surface area contributed by atoms with Gasteiger partial charge < -0.3 is 9.88 Å². The Morgan fingerprint density at radius 2 is 2.07 bits per heavy atom. The van der Waals surface area contributed by atoms with Crippen LogP contribution >= 0.6 is 0 Å². The van der Waals surface area contributed by atoms with Gasteiger partial charge in [-0.15, -0.1) is 0 Å². The van der Waals surface area contributed by atoms with Crippen molar-refractivity contribution in [2.75, 3.05) is 20.7 Å². The van der Waals surface area contributed by atoms with Crippen LogP contribution in [0.5, 0.6) is 0 Å². The molecule has 0 radical (unpaired) electrons. The molecule has 0 unspecified atom stereocenters. The van der Waals surface area contributed by atoms with E-state index < -0.39 is 17.5 Å². The highest BCUT2D eigenvalue weighted by atomic mass is 19.1. The van der Waals surface area contributed by atoms with Crippen molar-refractivity contribution < 1.29 is 23.2 Å². The van der Waals surface area contributed by atoms with Gasteiger partial charge in [0.2, 0.25) is 0 Å². The van der Waals surface area contributed by atoms with E-state index in [9.17, 15) is 18.4 Å². The van der Waals surface area contributed by atoms with Crippen molar-refractivity contribution in [1.29, 1.82) is 0 Å². The Morgan fingerprint density at radius 3 is 2.82 bits per heavy atom. The molecule has 4 rings (SSSR count). The molecule has 0 spiro atoms. The normalized spacial score (nSPS) is 13.6. The number of carbonyl (C=O) groups is 2. The lowest BCUT2D eigenvalue weighted by Gasteiger charge is -2.27. The van der Waals surface area contributed by atoms with E-state index in [1.54, 1.807) is 0 Å². The lowest BCUT2D eigenvalue weighted by atomic mass is 10.0. The van der Waals surface area contributed by atoms with Crippen LogP contribution in [0.15, 0.2) is 18.2 Å². The predicted molar refractivity (Wildman–Crippen MR) is 94.3 cm³/mol. The standard InChI is InChI=1S/C18H17F2N5O3/c1-24(28-2)18(27)16-11-8-25(4-3-13(11)22-23-16)17(26)15-7-10-12(20)5-9(19)6-14(10)21-15/h5-7,21H,3-4,8H2,1-2H3,(H,22,23). The van der Waals surface area contributed by atoms with E-state index in [-0.39, 0.29) is 34.7 Å². The zero-order valence-corrected chi connectivity index (χ0v) is 15.2. The Kier molecular flexibility index (Phi) is 4.34. The maximum absolute atomic E-state index is 13.9.